The predicted molar refractivity (Wildman–Crippen MR) is 117 cm³/mol. The predicted octanol–water partition coefficient (Wildman–Crippen LogP) is 3.26. The molecule has 0 aliphatic rings. The summed E-state index contributed by atoms with van der Waals surface area (Å²) in [5.41, 5.74) is -0.194. The molecule has 0 saturated carbocycles. The van der Waals surface area contributed by atoms with Crippen LogP contribution in [0.2, 0.25) is 5.28 Å². The second-order valence-electron chi connectivity index (χ2n) is 7.13. The highest BCUT2D eigenvalue weighted by Crippen LogP contribution is 2.19. The standard InChI is InChI=1S/C19H22ClN7O3S/c1-2-3-5-9-26-14-13(23-18(20)24-14)17(28)27(19(26)29)10-6-4-7-12-22-15(30-25-12)16-21-8-11-31-16/h8,11H,2-7,9-10H2,1H3,(H,23,24). The van der Waals surface area contributed by atoms with Gasteiger partial charge in [-0.1, -0.05) is 24.9 Å². The van der Waals surface area contributed by atoms with Gasteiger partial charge in [-0.05, 0) is 30.9 Å². The minimum absolute atomic E-state index is 0.0987. The zero-order valence-corrected chi connectivity index (χ0v) is 18.6. The van der Waals surface area contributed by atoms with Crippen LogP contribution in [0, 0.1) is 0 Å². The van der Waals surface area contributed by atoms with E-state index in [2.05, 4.69) is 32.0 Å². The van der Waals surface area contributed by atoms with Crippen LogP contribution in [0.3, 0.4) is 0 Å². The van der Waals surface area contributed by atoms with Gasteiger partial charge in [0.2, 0.25) is 5.28 Å². The number of imidazole rings is 1. The van der Waals surface area contributed by atoms with Gasteiger partial charge in [0.15, 0.2) is 22.0 Å². The first-order valence-electron chi connectivity index (χ1n) is 10.2. The summed E-state index contributed by atoms with van der Waals surface area (Å²) in [6, 6.07) is 0. The molecule has 164 valence electrons. The minimum Gasteiger partial charge on any atom is -0.331 e. The van der Waals surface area contributed by atoms with Gasteiger partial charge < -0.3 is 9.51 Å². The van der Waals surface area contributed by atoms with Crippen molar-refractivity contribution in [3.8, 4) is 10.9 Å². The fourth-order valence-electron chi connectivity index (χ4n) is 3.38. The molecule has 0 aliphatic carbocycles. The van der Waals surface area contributed by atoms with Crippen LogP contribution in [-0.2, 0) is 19.5 Å². The number of fused-ring (bicyclic) bond motifs is 1. The second-order valence-corrected chi connectivity index (χ2v) is 8.39. The van der Waals surface area contributed by atoms with E-state index in [-0.39, 0.29) is 23.0 Å². The molecular weight excluding hydrogens is 442 g/mol. The van der Waals surface area contributed by atoms with Crippen molar-refractivity contribution in [2.24, 2.45) is 0 Å². The molecule has 0 spiro atoms. The third kappa shape index (κ3) is 4.62. The Bertz CT molecular complexity index is 1270. The maximum Gasteiger partial charge on any atom is 0.332 e. The SMILES string of the molecule is CCCCCn1c(=O)n(CCCCc2noc(-c3nccs3)n2)c(=O)c2[nH]c(Cl)nc21. The van der Waals surface area contributed by atoms with Crippen molar-refractivity contribution in [1.82, 2.24) is 34.2 Å². The van der Waals surface area contributed by atoms with Gasteiger partial charge in [-0.15, -0.1) is 11.3 Å². The number of aromatic nitrogens is 7. The maximum absolute atomic E-state index is 13.0. The van der Waals surface area contributed by atoms with Crippen molar-refractivity contribution >= 4 is 34.1 Å². The molecule has 0 aliphatic heterocycles. The minimum atomic E-state index is -0.406. The molecule has 4 aromatic heterocycles. The lowest BCUT2D eigenvalue weighted by molar-refractivity contribution is 0.420. The summed E-state index contributed by atoms with van der Waals surface area (Å²) < 4.78 is 8.02. The first kappa shape index (κ1) is 21.4. The molecule has 31 heavy (non-hydrogen) atoms. The van der Waals surface area contributed by atoms with Crippen molar-refractivity contribution in [3.63, 3.8) is 0 Å². The third-order valence-electron chi connectivity index (χ3n) is 4.93. The summed E-state index contributed by atoms with van der Waals surface area (Å²) in [6.07, 6.45) is 6.40. The number of rotatable bonds is 10. The lowest BCUT2D eigenvalue weighted by Gasteiger charge is -2.11. The normalized spacial score (nSPS) is 11.5. The number of thiazole rings is 1. The maximum atomic E-state index is 13.0. The molecule has 4 rings (SSSR count). The Balaban J connectivity index is 1.46. The Morgan fingerprint density at radius 2 is 1.94 bits per heavy atom. The van der Waals surface area contributed by atoms with E-state index < -0.39 is 5.56 Å². The molecule has 0 unspecified atom stereocenters. The Labute approximate surface area is 185 Å². The number of hydrogen-bond donors (Lipinski definition) is 1. The molecule has 4 heterocycles. The van der Waals surface area contributed by atoms with Crippen LogP contribution in [-0.4, -0.2) is 34.2 Å². The average molecular weight is 464 g/mol. The van der Waals surface area contributed by atoms with E-state index in [1.54, 1.807) is 6.20 Å². The Hall–Kier alpha value is -2.79. The quantitative estimate of drug-likeness (QED) is 0.282. The van der Waals surface area contributed by atoms with Gasteiger partial charge in [-0.25, -0.2) is 9.78 Å². The Morgan fingerprint density at radius 1 is 1.13 bits per heavy atom. The van der Waals surface area contributed by atoms with Crippen molar-refractivity contribution in [3.05, 3.63) is 43.5 Å². The van der Waals surface area contributed by atoms with Crippen molar-refractivity contribution < 1.29 is 4.52 Å². The molecule has 0 bridgehead atoms. The highest BCUT2D eigenvalue weighted by atomic mass is 35.5. The molecule has 0 radical (unpaired) electrons. The molecule has 10 nitrogen and oxygen atoms in total. The fraction of sp³-hybridized carbons (Fsp3) is 0.474. The molecule has 0 atom stereocenters. The lowest BCUT2D eigenvalue weighted by atomic mass is 10.2. The van der Waals surface area contributed by atoms with Gasteiger partial charge >= 0.3 is 5.69 Å². The smallest absolute Gasteiger partial charge is 0.331 e. The van der Waals surface area contributed by atoms with Crippen LogP contribution >= 0.6 is 22.9 Å². The molecule has 12 heteroatoms. The van der Waals surface area contributed by atoms with E-state index in [4.69, 9.17) is 16.1 Å². The van der Waals surface area contributed by atoms with Gasteiger partial charge in [0.25, 0.3) is 11.4 Å². The number of aromatic amines is 1. The molecule has 0 amide bonds. The monoisotopic (exact) mass is 463 g/mol. The van der Waals surface area contributed by atoms with E-state index in [1.807, 2.05) is 5.38 Å². The Morgan fingerprint density at radius 3 is 2.71 bits per heavy atom. The highest BCUT2D eigenvalue weighted by molar-refractivity contribution is 7.12. The van der Waals surface area contributed by atoms with Crippen molar-refractivity contribution in [2.75, 3.05) is 0 Å². The first-order chi connectivity index (χ1) is 15.1. The number of H-pyrrole nitrogens is 1. The van der Waals surface area contributed by atoms with Gasteiger partial charge in [-0.3, -0.25) is 13.9 Å². The summed E-state index contributed by atoms with van der Waals surface area (Å²) in [6.45, 7) is 2.87. The summed E-state index contributed by atoms with van der Waals surface area (Å²) in [7, 11) is 0. The molecular formula is C19H22ClN7O3S. The number of nitrogens with zero attached hydrogens (tertiary/aromatic N) is 6. The van der Waals surface area contributed by atoms with Crippen LogP contribution in [0.15, 0.2) is 25.7 Å². The topological polar surface area (TPSA) is 124 Å². The number of unbranched alkanes of at least 4 members (excludes halogenated alkanes) is 3. The van der Waals surface area contributed by atoms with E-state index in [0.29, 0.717) is 48.2 Å². The summed E-state index contributed by atoms with van der Waals surface area (Å²) >= 11 is 7.40. The highest BCUT2D eigenvalue weighted by Gasteiger charge is 2.17. The van der Waals surface area contributed by atoms with E-state index in [1.165, 1.54) is 20.5 Å². The lowest BCUT2D eigenvalue weighted by Crippen LogP contribution is -2.40. The number of hydrogen-bond acceptors (Lipinski definition) is 8. The summed E-state index contributed by atoms with van der Waals surface area (Å²) in [5.74, 6) is 0.975. The number of aryl methyl sites for hydroxylation is 2. The van der Waals surface area contributed by atoms with Crippen molar-refractivity contribution in [1.29, 1.82) is 0 Å². The fourth-order valence-corrected chi connectivity index (χ4v) is 4.11. The zero-order valence-electron chi connectivity index (χ0n) is 17.0. The Kier molecular flexibility index (Phi) is 6.62. The van der Waals surface area contributed by atoms with Crippen molar-refractivity contribution in [2.45, 2.75) is 58.5 Å². The van der Waals surface area contributed by atoms with Gasteiger partial charge in [-0.2, -0.15) is 9.97 Å². The number of nitrogens with one attached hydrogen (secondary N) is 1. The zero-order chi connectivity index (χ0) is 21.8. The second kappa shape index (κ2) is 9.56. The largest absolute Gasteiger partial charge is 0.332 e. The number of halogens is 1. The molecule has 0 fully saturated rings. The van der Waals surface area contributed by atoms with Crippen LogP contribution in [0.25, 0.3) is 22.1 Å². The molecule has 1 N–H and O–H groups in total. The van der Waals surface area contributed by atoms with E-state index in [9.17, 15) is 9.59 Å². The molecule has 0 aromatic carbocycles. The van der Waals surface area contributed by atoms with E-state index in [0.717, 1.165) is 19.3 Å². The average Bonchev–Trinajstić information content (AvgIpc) is 3.50. The van der Waals surface area contributed by atoms with E-state index >= 15 is 0 Å². The van der Waals surface area contributed by atoms with Crippen LogP contribution in [0.4, 0.5) is 0 Å². The molecule has 0 saturated heterocycles. The van der Waals surface area contributed by atoms with Crippen LogP contribution < -0.4 is 11.2 Å². The first-order valence-corrected chi connectivity index (χ1v) is 11.5. The van der Waals surface area contributed by atoms with Gasteiger partial charge in [0.05, 0.1) is 0 Å². The third-order valence-corrected chi connectivity index (χ3v) is 5.87. The van der Waals surface area contributed by atoms with Crippen LogP contribution in [0.5, 0.6) is 0 Å². The van der Waals surface area contributed by atoms with Gasteiger partial charge in [0.1, 0.15) is 0 Å². The molecule has 4 aromatic rings. The van der Waals surface area contributed by atoms with Crippen LogP contribution in [0.1, 0.15) is 44.9 Å². The summed E-state index contributed by atoms with van der Waals surface area (Å²) in [4.78, 5) is 41.2. The summed E-state index contributed by atoms with van der Waals surface area (Å²) in [5, 5.41) is 6.59. The van der Waals surface area contributed by atoms with Gasteiger partial charge in [0, 0.05) is 31.1 Å².